The Labute approximate surface area is 170 Å². The zero-order valence-electron chi connectivity index (χ0n) is 16.2. The van der Waals surface area contributed by atoms with Crippen molar-refractivity contribution in [2.24, 2.45) is 5.92 Å². The summed E-state index contributed by atoms with van der Waals surface area (Å²) in [5.74, 6) is -1.48. The van der Waals surface area contributed by atoms with Gasteiger partial charge in [-0.2, -0.15) is 0 Å². The molecule has 150 valence electrons. The average Bonchev–Trinajstić information content (AvgIpc) is 3.02. The Morgan fingerprint density at radius 3 is 2.14 bits per heavy atom. The molecular formula is C24H25NO4. The van der Waals surface area contributed by atoms with E-state index in [0.29, 0.717) is 19.3 Å². The zero-order chi connectivity index (χ0) is 20.2. The molecular weight excluding hydrogens is 366 g/mol. The first-order valence-electron chi connectivity index (χ1n) is 10.1. The van der Waals surface area contributed by atoms with Gasteiger partial charge in [-0.1, -0.05) is 60.7 Å². The molecule has 0 aliphatic heterocycles. The molecule has 2 aliphatic rings. The normalized spacial score (nSPS) is 21.9. The standard InChI is InChI=1S/C24H25NO4/c26-23(27)20-13-3-1-2-4-14-22(20)25-24(28)29-15-21-18-11-7-5-9-16(18)17-10-6-8-12-19(17)21/h1-2,5-12,20-22H,3-4,13-15H2,(H,25,28)(H,26,27)/b2-1-/t20-,22+/m1/s1. The molecule has 0 saturated carbocycles. The molecule has 0 bridgehead atoms. The summed E-state index contributed by atoms with van der Waals surface area (Å²) >= 11 is 0. The molecule has 5 nitrogen and oxygen atoms in total. The molecule has 1 amide bonds. The first kappa shape index (κ1) is 19.2. The highest BCUT2D eigenvalue weighted by molar-refractivity contribution is 5.79. The van der Waals surface area contributed by atoms with E-state index in [1.807, 2.05) is 36.4 Å². The molecule has 5 heteroatoms. The predicted molar refractivity (Wildman–Crippen MR) is 111 cm³/mol. The number of rotatable bonds is 4. The smallest absolute Gasteiger partial charge is 0.407 e. The van der Waals surface area contributed by atoms with E-state index in [2.05, 4.69) is 29.6 Å². The van der Waals surface area contributed by atoms with Gasteiger partial charge in [-0.05, 0) is 47.9 Å². The number of carbonyl (C=O) groups excluding carboxylic acids is 1. The monoisotopic (exact) mass is 391 g/mol. The maximum atomic E-state index is 12.5. The van der Waals surface area contributed by atoms with Crippen LogP contribution >= 0.6 is 0 Å². The minimum atomic E-state index is -0.871. The van der Waals surface area contributed by atoms with Gasteiger partial charge in [-0.15, -0.1) is 0 Å². The third-order valence-corrected chi connectivity index (χ3v) is 5.91. The van der Waals surface area contributed by atoms with Gasteiger partial charge in [-0.3, -0.25) is 4.79 Å². The number of fused-ring (bicyclic) bond motifs is 3. The first-order valence-corrected chi connectivity index (χ1v) is 10.1. The number of amides is 1. The Hall–Kier alpha value is -3.08. The molecule has 29 heavy (non-hydrogen) atoms. The van der Waals surface area contributed by atoms with Gasteiger partial charge in [0.05, 0.1) is 5.92 Å². The third kappa shape index (κ3) is 4.04. The number of carboxylic acids is 1. The number of ether oxygens (including phenoxy) is 1. The number of carboxylic acid groups (broad SMARTS) is 1. The van der Waals surface area contributed by atoms with Crippen LogP contribution in [0.1, 0.15) is 42.7 Å². The van der Waals surface area contributed by atoms with E-state index in [9.17, 15) is 14.7 Å². The van der Waals surface area contributed by atoms with Crippen LogP contribution in [0.5, 0.6) is 0 Å². The fraction of sp³-hybridized carbons (Fsp3) is 0.333. The lowest BCUT2D eigenvalue weighted by molar-refractivity contribution is -0.143. The lowest BCUT2D eigenvalue weighted by Crippen LogP contribution is -2.44. The number of allylic oxidation sites excluding steroid dienone is 2. The van der Waals surface area contributed by atoms with Crippen LogP contribution in [0.15, 0.2) is 60.7 Å². The Balaban J connectivity index is 1.44. The third-order valence-electron chi connectivity index (χ3n) is 5.91. The van der Waals surface area contributed by atoms with Crippen molar-refractivity contribution >= 4 is 12.1 Å². The van der Waals surface area contributed by atoms with Gasteiger partial charge in [0.25, 0.3) is 0 Å². The van der Waals surface area contributed by atoms with E-state index >= 15 is 0 Å². The van der Waals surface area contributed by atoms with Gasteiger partial charge in [-0.25, -0.2) is 4.79 Å². The Morgan fingerprint density at radius 1 is 0.931 bits per heavy atom. The lowest BCUT2D eigenvalue weighted by Gasteiger charge is -2.26. The maximum absolute atomic E-state index is 12.5. The van der Waals surface area contributed by atoms with Crippen molar-refractivity contribution in [3.05, 3.63) is 71.8 Å². The minimum absolute atomic E-state index is 0.0105. The molecule has 0 aromatic heterocycles. The van der Waals surface area contributed by atoms with E-state index in [1.54, 1.807) is 0 Å². The summed E-state index contributed by atoms with van der Waals surface area (Å²) in [4.78, 5) is 24.2. The highest BCUT2D eigenvalue weighted by Crippen LogP contribution is 2.44. The van der Waals surface area contributed by atoms with Crippen molar-refractivity contribution in [3.8, 4) is 11.1 Å². The van der Waals surface area contributed by atoms with E-state index in [4.69, 9.17) is 4.74 Å². The van der Waals surface area contributed by atoms with Crippen molar-refractivity contribution in [1.29, 1.82) is 0 Å². The number of carbonyl (C=O) groups is 2. The van der Waals surface area contributed by atoms with Crippen LogP contribution < -0.4 is 5.32 Å². The molecule has 0 radical (unpaired) electrons. The fourth-order valence-corrected chi connectivity index (χ4v) is 4.45. The van der Waals surface area contributed by atoms with E-state index in [1.165, 1.54) is 11.1 Å². The van der Waals surface area contributed by atoms with Crippen molar-refractivity contribution in [2.45, 2.75) is 37.6 Å². The summed E-state index contributed by atoms with van der Waals surface area (Å²) in [6, 6.07) is 15.9. The molecule has 0 unspecified atom stereocenters. The summed E-state index contributed by atoms with van der Waals surface area (Å²) in [6.45, 7) is 0.226. The van der Waals surface area contributed by atoms with Crippen molar-refractivity contribution in [2.75, 3.05) is 6.61 Å². The molecule has 2 aliphatic carbocycles. The number of hydrogen-bond donors (Lipinski definition) is 2. The van der Waals surface area contributed by atoms with Gasteiger partial charge in [0.15, 0.2) is 0 Å². The topological polar surface area (TPSA) is 75.6 Å². The zero-order valence-corrected chi connectivity index (χ0v) is 16.2. The molecule has 2 atom stereocenters. The number of alkyl carbamates (subject to hydrolysis) is 1. The molecule has 2 aromatic carbocycles. The summed E-state index contributed by atoms with van der Waals surface area (Å²) in [6.07, 6.45) is 6.08. The fourth-order valence-electron chi connectivity index (χ4n) is 4.45. The van der Waals surface area contributed by atoms with Gasteiger partial charge < -0.3 is 15.2 Å². The van der Waals surface area contributed by atoms with Gasteiger partial charge in [0, 0.05) is 12.0 Å². The van der Waals surface area contributed by atoms with Crippen molar-refractivity contribution in [1.82, 2.24) is 5.32 Å². The van der Waals surface area contributed by atoms with E-state index < -0.39 is 24.0 Å². The molecule has 2 aromatic rings. The summed E-state index contributed by atoms with van der Waals surface area (Å²) in [7, 11) is 0. The van der Waals surface area contributed by atoms with E-state index in [0.717, 1.165) is 17.5 Å². The maximum Gasteiger partial charge on any atom is 0.407 e. The Kier molecular flexibility index (Phi) is 5.65. The van der Waals surface area contributed by atoms with Gasteiger partial charge in [0.2, 0.25) is 0 Å². The number of benzene rings is 2. The van der Waals surface area contributed by atoms with Crippen LogP contribution in [0.4, 0.5) is 4.79 Å². The van der Waals surface area contributed by atoms with Crippen LogP contribution in [-0.2, 0) is 9.53 Å². The number of hydrogen-bond acceptors (Lipinski definition) is 3. The highest BCUT2D eigenvalue weighted by Gasteiger charge is 2.31. The van der Waals surface area contributed by atoms with Crippen LogP contribution in [0.2, 0.25) is 0 Å². The van der Waals surface area contributed by atoms with Gasteiger partial charge in [0.1, 0.15) is 6.61 Å². The van der Waals surface area contributed by atoms with Crippen molar-refractivity contribution in [3.63, 3.8) is 0 Å². The molecule has 0 heterocycles. The molecule has 0 fully saturated rings. The van der Waals surface area contributed by atoms with Crippen molar-refractivity contribution < 1.29 is 19.4 Å². The summed E-state index contributed by atoms with van der Waals surface area (Å²) < 4.78 is 5.58. The second-order valence-corrected chi connectivity index (χ2v) is 7.65. The van der Waals surface area contributed by atoms with Crippen LogP contribution in [0.3, 0.4) is 0 Å². The summed E-state index contributed by atoms with van der Waals surface area (Å²) in [5.41, 5.74) is 4.66. The van der Waals surface area contributed by atoms with Crippen LogP contribution in [-0.4, -0.2) is 29.8 Å². The SMILES string of the molecule is O=C(N[C@H]1CC/C=C\CC[C@H]1C(=O)O)OCC1c2ccccc2-c2ccccc21. The molecule has 0 saturated heterocycles. The predicted octanol–water partition coefficient (Wildman–Crippen LogP) is 4.72. The molecule has 0 spiro atoms. The number of aliphatic carboxylic acids is 1. The second-order valence-electron chi connectivity index (χ2n) is 7.65. The second kappa shape index (κ2) is 8.52. The quantitative estimate of drug-likeness (QED) is 0.739. The number of nitrogens with one attached hydrogen (secondary N) is 1. The average molecular weight is 391 g/mol. The largest absolute Gasteiger partial charge is 0.481 e. The first-order chi connectivity index (χ1) is 14.1. The van der Waals surface area contributed by atoms with Crippen LogP contribution in [0.25, 0.3) is 11.1 Å². The summed E-state index contributed by atoms with van der Waals surface area (Å²) in [5, 5.41) is 12.4. The molecule has 2 N–H and O–H groups in total. The van der Waals surface area contributed by atoms with Crippen LogP contribution in [0, 0.1) is 5.92 Å². The lowest BCUT2D eigenvalue weighted by atomic mass is 9.89. The Bertz CT molecular complexity index is 890. The molecule has 4 rings (SSSR count). The van der Waals surface area contributed by atoms with Gasteiger partial charge >= 0.3 is 12.1 Å². The minimum Gasteiger partial charge on any atom is -0.481 e. The Morgan fingerprint density at radius 2 is 1.52 bits per heavy atom. The highest BCUT2D eigenvalue weighted by atomic mass is 16.5. The van der Waals surface area contributed by atoms with E-state index in [-0.39, 0.29) is 12.5 Å².